The molecule has 1 N–H and O–H groups in total. The summed E-state index contributed by atoms with van der Waals surface area (Å²) >= 11 is 1.69. The monoisotopic (exact) mass is 210 g/mol. The van der Waals surface area contributed by atoms with Gasteiger partial charge in [-0.1, -0.05) is 0 Å². The summed E-state index contributed by atoms with van der Waals surface area (Å²) in [5.41, 5.74) is 1.04. The van der Waals surface area contributed by atoms with Crippen LogP contribution in [0.15, 0.2) is 17.3 Å². The Balaban J connectivity index is 2.26. The summed E-state index contributed by atoms with van der Waals surface area (Å²) in [5, 5.41) is 3.12. The van der Waals surface area contributed by atoms with Crippen molar-refractivity contribution >= 4 is 17.4 Å². The Hall–Kier alpha value is -0.900. The summed E-state index contributed by atoms with van der Waals surface area (Å²) in [6.07, 6.45) is 8.46. The van der Waals surface area contributed by atoms with Gasteiger partial charge in [0.1, 0.15) is 0 Å². The number of nitrogens with one attached hydrogen (secondary N) is 1. The Morgan fingerprint density at radius 2 is 2.29 bits per heavy atom. The van der Waals surface area contributed by atoms with Crippen molar-refractivity contribution in [3.63, 3.8) is 0 Å². The maximum absolute atomic E-state index is 5.77. The normalized spacial score (nSPS) is 15.3. The molecule has 0 bridgehead atoms. The molecule has 1 aliphatic carbocycles. The van der Waals surface area contributed by atoms with Crippen LogP contribution in [-0.2, 0) is 0 Å². The predicted molar refractivity (Wildman–Crippen MR) is 59.2 cm³/mol. The summed E-state index contributed by atoms with van der Waals surface area (Å²) in [4.78, 5) is 5.29. The molecule has 1 aromatic heterocycles. The van der Waals surface area contributed by atoms with E-state index in [1.807, 2.05) is 13.2 Å². The molecule has 1 saturated carbocycles. The molecule has 14 heavy (non-hydrogen) atoms. The molecule has 0 radical (unpaired) electrons. The summed E-state index contributed by atoms with van der Waals surface area (Å²) in [5.74, 6) is 0.909. The summed E-state index contributed by atoms with van der Waals surface area (Å²) in [6.45, 7) is 0. The topological polar surface area (TPSA) is 34.2 Å². The highest BCUT2D eigenvalue weighted by Crippen LogP contribution is 2.37. The number of thioether (sulfide) groups is 1. The van der Waals surface area contributed by atoms with Crippen LogP contribution in [0.5, 0.6) is 5.75 Å². The van der Waals surface area contributed by atoms with Gasteiger partial charge < -0.3 is 10.1 Å². The Labute approximate surface area is 88.3 Å². The maximum atomic E-state index is 5.77. The first kappa shape index (κ1) is 9.65. The van der Waals surface area contributed by atoms with Crippen LogP contribution >= 0.6 is 11.8 Å². The molecule has 0 unspecified atom stereocenters. The highest BCUT2D eigenvalue weighted by atomic mass is 32.2. The van der Waals surface area contributed by atoms with E-state index >= 15 is 0 Å². The van der Waals surface area contributed by atoms with E-state index in [0.29, 0.717) is 6.10 Å². The van der Waals surface area contributed by atoms with Gasteiger partial charge in [0.25, 0.3) is 0 Å². The quantitative estimate of drug-likeness (QED) is 0.774. The van der Waals surface area contributed by atoms with E-state index in [1.165, 1.54) is 12.8 Å². The summed E-state index contributed by atoms with van der Waals surface area (Å²) in [6, 6.07) is 0. The number of nitrogens with zero attached hydrogens (tertiary/aromatic N) is 1. The minimum absolute atomic E-state index is 0.426. The summed E-state index contributed by atoms with van der Waals surface area (Å²) < 4.78 is 5.77. The molecule has 2 rings (SSSR count). The van der Waals surface area contributed by atoms with Gasteiger partial charge in [0.15, 0.2) is 5.75 Å². The first-order chi connectivity index (χ1) is 6.85. The van der Waals surface area contributed by atoms with Gasteiger partial charge in [0.2, 0.25) is 0 Å². The number of hydrogen-bond donors (Lipinski definition) is 1. The molecule has 0 saturated heterocycles. The van der Waals surface area contributed by atoms with Gasteiger partial charge in [-0.25, -0.2) is 0 Å². The maximum Gasteiger partial charge on any atom is 0.153 e. The van der Waals surface area contributed by atoms with E-state index in [1.54, 1.807) is 18.0 Å². The first-order valence-electron chi connectivity index (χ1n) is 4.71. The van der Waals surface area contributed by atoms with Gasteiger partial charge in [-0.15, -0.1) is 11.8 Å². The van der Waals surface area contributed by atoms with Crippen molar-refractivity contribution < 1.29 is 4.74 Å². The van der Waals surface area contributed by atoms with E-state index in [4.69, 9.17) is 4.74 Å². The Morgan fingerprint density at radius 1 is 1.50 bits per heavy atom. The van der Waals surface area contributed by atoms with Crippen LogP contribution in [0, 0.1) is 0 Å². The second kappa shape index (κ2) is 4.09. The van der Waals surface area contributed by atoms with Gasteiger partial charge in [-0.2, -0.15) is 0 Å². The molecule has 3 nitrogen and oxygen atoms in total. The zero-order valence-corrected chi connectivity index (χ0v) is 9.23. The van der Waals surface area contributed by atoms with Crippen LogP contribution in [0.3, 0.4) is 0 Å². The minimum atomic E-state index is 0.426. The van der Waals surface area contributed by atoms with Crippen molar-refractivity contribution in [1.29, 1.82) is 0 Å². The molecule has 0 aromatic carbocycles. The zero-order chi connectivity index (χ0) is 9.97. The highest BCUT2D eigenvalue weighted by Gasteiger charge is 2.25. The Kier molecular flexibility index (Phi) is 2.82. The van der Waals surface area contributed by atoms with Gasteiger partial charge in [0.05, 0.1) is 29.1 Å². The van der Waals surface area contributed by atoms with Crippen molar-refractivity contribution in [2.24, 2.45) is 0 Å². The second-order valence-electron chi connectivity index (χ2n) is 3.29. The van der Waals surface area contributed by atoms with Crippen LogP contribution in [0.25, 0.3) is 0 Å². The molecular formula is C10H14N2OS. The van der Waals surface area contributed by atoms with Crippen molar-refractivity contribution in [2.75, 3.05) is 18.6 Å². The molecule has 0 amide bonds. The Morgan fingerprint density at radius 3 is 2.86 bits per heavy atom. The lowest BCUT2D eigenvalue weighted by Crippen LogP contribution is -2.00. The summed E-state index contributed by atoms with van der Waals surface area (Å²) in [7, 11) is 1.90. The smallest absolute Gasteiger partial charge is 0.153 e. The van der Waals surface area contributed by atoms with Gasteiger partial charge >= 0.3 is 0 Å². The molecule has 0 atom stereocenters. The highest BCUT2D eigenvalue weighted by molar-refractivity contribution is 7.98. The lowest BCUT2D eigenvalue weighted by atomic mass is 10.4. The molecular weight excluding hydrogens is 196 g/mol. The third kappa shape index (κ3) is 1.95. The van der Waals surface area contributed by atoms with Crippen LogP contribution in [-0.4, -0.2) is 24.4 Å². The molecule has 0 spiro atoms. The average Bonchev–Trinajstić information content (AvgIpc) is 3.01. The van der Waals surface area contributed by atoms with Crippen LogP contribution in [0.2, 0.25) is 0 Å². The Bertz CT molecular complexity index is 326. The molecule has 4 heteroatoms. The number of rotatable bonds is 4. The lowest BCUT2D eigenvalue weighted by molar-refractivity contribution is 0.295. The molecule has 1 fully saturated rings. The lowest BCUT2D eigenvalue weighted by Gasteiger charge is -2.12. The molecule has 0 aliphatic heterocycles. The van der Waals surface area contributed by atoms with Crippen molar-refractivity contribution in [3.05, 3.63) is 12.4 Å². The fourth-order valence-corrected chi connectivity index (χ4v) is 1.94. The SMILES string of the molecule is CNc1cncc(OC2CC2)c1SC. The largest absolute Gasteiger partial charge is 0.488 e. The number of hydrogen-bond acceptors (Lipinski definition) is 4. The molecule has 76 valence electrons. The number of aromatic nitrogens is 1. The molecule has 1 heterocycles. The fourth-order valence-electron chi connectivity index (χ4n) is 1.27. The molecule has 1 aliphatic rings. The fraction of sp³-hybridized carbons (Fsp3) is 0.500. The number of pyridine rings is 1. The molecule has 1 aromatic rings. The van der Waals surface area contributed by atoms with E-state index in [2.05, 4.69) is 16.6 Å². The van der Waals surface area contributed by atoms with Crippen molar-refractivity contribution in [2.45, 2.75) is 23.8 Å². The second-order valence-corrected chi connectivity index (χ2v) is 4.10. The standard InChI is InChI=1S/C10H14N2OS/c1-11-8-5-12-6-9(10(8)14-2)13-7-3-4-7/h5-7,11H,3-4H2,1-2H3. The number of ether oxygens (including phenoxy) is 1. The van der Waals surface area contributed by atoms with E-state index in [0.717, 1.165) is 16.3 Å². The van der Waals surface area contributed by atoms with Gasteiger partial charge in [-0.05, 0) is 19.1 Å². The number of anilines is 1. The van der Waals surface area contributed by atoms with Gasteiger partial charge in [0, 0.05) is 7.05 Å². The van der Waals surface area contributed by atoms with Gasteiger partial charge in [-0.3, -0.25) is 4.98 Å². The van der Waals surface area contributed by atoms with E-state index < -0.39 is 0 Å². The first-order valence-corrected chi connectivity index (χ1v) is 5.94. The van der Waals surface area contributed by atoms with E-state index in [-0.39, 0.29) is 0 Å². The predicted octanol–water partition coefficient (Wildman–Crippen LogP) is 2.39. The van der Waals surface area contributed by atoms with Crippen molar-refractivity contribution in [1.82, 2.24) is 4.98 Å². The van der Waals surface area contributed by atoms with Crippen LogP contribution in [0.4, 0.5) is 5.69 Å². The average molecular weight is 210 g/mol. The zero-order valence-electron chi connectivity index (χ0n) is 8.41. The van der Waals surface area contributed by atoms with Crippen LogP contribution in [0.1, 0.15) is 12.8 Å². The third-order valence-corrected chi connectivity index (χ3v) is 2.98. The minimum Gasteiger partial charge on any atom is -0.488 e. The van der Waals surface area contributed by atoms with Crippen LogP contribution < -0.4 is 10.1 Å². The third-order valence-electron chi connectivity index (χ3n) is 2.16. The van der Waals surface area contributed by atoms with Crippen molar-refractivity contribution in [3.8, 4) is 5.75 Å². The van der Waals surface area contributed by atoms with E-state index in [9.17, 15) is 0 Å².